The molecule has 36 heavy (non-hydrogen) atoms. The minimum absolute atomic E-state index is 0.130. The number of benzene rings is 2. The molecule has 5 rings (SSSR count). The number of carboxylic acids is 2. The van der Waals surface area contributed by atoms with E-state index in [4.69, 9.17) is 0 Å². The van der Waals surface area contributed by atoms with Gasteiger partial charge in [-0.3, -0.25) is 0 Å². The predicted octanol–water partition coefficient (Wildman–Crippen LogP) is 1.78. The van der Waals surface area contributed by atoms with Crippen molar-refractivity contribution in [2.24, 2.45) is 0 Å². The van der Waals surface area contributed by atoms with Crippen molar-refractivity contribution in [1.82, 2.24) is 40.2 Å². The van der Waals surface area contributed by atoms with E-state index in [0.29, 0.717) is 22.8 Å². The first kappa shape index (κ1) is 22.1. The summed E-state index contributed by atoms with van der Waals surface area (Å²) in [5, 5.41) is 62.9. The number of carbonyl (C=O) groups is 2. The lowest BCUT2D eigenvalue weighted by Gasteiger charge is -2.05. The summed E-state index contributed by atoms with van der Waals surface area (Å²) in [7, 11) is 0. The molecule has 14 heteroatoms. The molecule has 0 saturated heterocycles. The third kappa shape index (κ3) is 3.83. The second kappa shape index (κ2) is 8.60. The van der Waals surface area contributed by atoms with Crippen LogP contribution in [-0.2, 0) is 0 Å². The van der Waals surface area contributed by atoms with E-state index in [9.17, 15) is 30.0 Å². The zero-order valence-corrected chi connectivity index (χ0v) is 18.0. The lowest BCUT2D eigenvalue weighted by molar-refractivity contribution is 0.0682. The molecular weight excluding hydrogens is 472 g/mol. The Labute approximate surface area is 200 Å². The molecule has 0 fully saturated rings. The summed E-state index contributed by atoms with van der Waals surface area (Å²) in [5.74, 6) is -3.47. The smallest absolute Gasteiger partial charge is 0.339 e. The molecule has 5 aromatic rings. The molecule has 0 aliphatic carbocycles. The van der Waals surface area contributed by atoms with Crippen molar-refractivity contribution >= 4 is 11.9 Å². The van der Waals surface area contributed by atoms with Crippen molar-refractivity contribution in [2.75, 3.05) is 0 Å². The van der Waals surface area contributed by atoms with Crippen molar-refractivity contribution < 1.29 is 30.0 Å². The monoisotopic (exact) mass is 486 g/mol. The van der Waals surface area contributed by atoms with Crippen LogP contribution in [0.5, 0.6) is 11.5 Å². The summed E-state index contributed by atoms with van der Waals surface area (Å²) in [6, 6.07) is 11.7. The predicted molar refractivity (Wildman–Crippen MR) is 120 cm³/mol. The number of carboxylic acid groups (broad SMARTS) is 2. The van der Waals surface area contributed by atoms with Crippen molar-refractivity contribution in [3.63, 3.8) is 0 Å². The van der Waals surface area contributed by atoms with Gasteiger partial charge in [-0.15, -0.1) is 20.4 Å². The highest BCUT2D eigenvalue weighted by Crippen LogP contribution is 2.28. The van der Waals surface area contributed by atoms with Gasteiger partial charge in [0.2, 0.25) is 0 Å². The van der Waals surface area contributed by atoms with E-state index in [2.05, 4.69) is 30.8 Å². The maximum Gasteiger partial charge on any atom is 0.339 e. The molecule has 0 unspecified atom stereocenters. The van der Waals surface area contributed by atoms with Gasteiger partial charge in [0.15, 0.2) is 11.5 Å². The Morgan fingerprint density at radius 2 is 1.00 bits per heavy atom. The molecule has 178 valence electrons. The molecule has 3 heterocycles. The fraction of sp³-hybridized carbons (Fsp3) is 0. The van der Waals surface area contributed by atoms with Gasteiger partial charge >= 0.3 is 11.9 Å². The van der Waals surface area contributed by atoms with Crippen LogP contribution in [0.2, 0.25) is 0 Å². The van der Waals surface area contributed by atoms with Crippen molar-refractivity contribution in [1.29, 1.82) is 0 Å². The highest BCUT2D eigenvalue weighted by molar-refractivity contribution is 5.92. The Morgan fingerprint density at radius 1 is 0.583 bits per heavy atom. The number of para-hydroxylation sites is 2. The lowest BCUT2D eigenvalue weighted by atomic mass is 10.1. The molecule has 0 radical (unpaired) electrons. The Balaban J connectivity index is 1.40. The number of hydrogen-bond acceptors (Lipinski definition) is 10. The zero-order valence-electron chi connectivity index (χ0n) is 18.0. The Hall–Kier alpha value is -5.66. The first-order valence-electron chi connectivity index (χ1n) is 10.1. The second-order valence-electron chi connectivity index (χ2n) is 7.36. The summed E-state index contributed by atoms with van der Waals surface area (Å²) >= 11 is 0. The van der Waals surface area contributed by atoms with Crippen LogP contribution < -0.4 is 0 Å². The van der Waals surface area contributed by atoms with E-state index in [1.54, 1.807) is 12.1 Å². The number of hydrogen-bond donors (Lipinski definition) is 4. The molecular formula is C22H14N8O6. The van der Waals surface area contributed by atoms with Gasteiger partial charge in [-0.05, 0) is 36.4 Å². The van der Waals surface area contributed by atoms with E-state index in [1.807, 2.05) is 0 Å². The quantitative estimate of drug-likeness (QED) is 0.271. The molecule has 0 bridgehead atoms. The van der Waals surface area contributed by atoms with Crippen LogP contribution in [-0.4, -0.2) is 72.5 Å². The molecule has 0 spiro atoms. The first-order chi connectivity index (χ1) is 17.3. The highest BCUT2D eigenvalue weighted by Gasteiger charge is 2.18. The van der Waals surface area contributed by atoms with Gasteiger partial charge in [0, 0.05) is 0 Å². The number of aromatic nitrogens is 8. The van der Waals surface area contributed by atoms with E-state index in [1.165, 1.54) is 58.2 Å². The minimum atomic E-state index is -1.28. The van der Waals surface area contributed by atoms with E-state index in [-0.39, 0.29) is 22.5 Å². The molecule has 0 amide bonds. The van der Waals surface area contributed by atoms with Gasteiger partial charge < -0.3 is 20.4 Å². The second-order valence-corrected chi connectivity index (χ2v) is 7.36. The molecule has 2 aromatic carbocycles. The van der Waals surface area contributed by atoms with Crippen LogP contribution in [0.1, 0.15) is 20.7 Å². The number of aromatic carboxylic acids is 2. The molecule has 3 aromatic heterocycles. The third-order valence-corrected chi connectivity index (χ3v) is 5.16. The van der Waals surface area contributed by atoms with E-state index in [0.717, 1.165) is 0 Å². The number of rotatable bonds is 6. The molecule has 0 saturated carbocycles. The first-order valence-corrected chi connectivity index (χ1v) is 10.1. The molecule has 4 N–H and O–H groups in total. The van der Waals surface area contributed by atoms with Gasteiger partial charge in [0.1, 0.15) is 45.3 Å². The average Bonchev–Trinajstić information content (AvgIpc) is 3.55. The molecule has 0 aliphatic heterocycles. The van der Waals surface area contributed by atoms with E-state index >= 15 is 0 Å². The average molecular weight is 486 g/mol. The van der Waals surface area contributed by atoms with Crippen molar-refractivity contribution in [2.45, 2.75) is 0 Å². The number of phenols is 2. The van der Waals surface area contributed by atoms with E-state index < -0.39 is 23.4 Å². The number of aromatic hydroxyl groups is 2. The molecule has 0 aliphatic rings. The van der Waals surface area contributed by atoms with Gasteiger partial charge in [-0.25, -0.2) is 19.0 Å². The Morgan fingerprint density at radius 3 is 1.36 bits per heavy atom. The number of nitrogens with zero attached hydrogens (tertiary/aromatic N) is 8. The van der Waals surface area contributed by atoms with Crippen LogP contribution in [0.3, 0.4) is 0 Å². The fourth-order valence-corrected chi connectivity index (χ4v) is 3.38. The Kier molecular flexibility index (Phi) is 5.29. The van der Waals surface area contributed by atoms with Gasteiger partial charge in [-0.1, -0.05) is 22.6 Å². The van der Waals surface area contributed by atoms with Crippen molar-refractivity contribution in [3.8, 4) is 45.6 Å². The molecule has 0 atom stereocenters. The summed E-state index contributed by atoms with van der Waals surface area (Å²) in [6.07, 6.45) is 2.91. The fourth-order valence-electron chi connectivity index (χ4n) is 3.38. The van der Waals surface area contributed by atoms with Crippen LogP contribution in [0, 0.1) is 0 Å². The standard InChI is InChI=1S/C22H14N8O6/c31-19-11(21(33)34)3-1-5-17(19)29-9-15(25-27-29)13-7-8-14(24-23-13)16-10-30(28-26-16)18-6-2-4-12(20(18)32)22(35)36/h1-10,31-32H,(H,33,34)(H,35,36). The minimum Gasteiger partial charge on any atom is -0.505 e. The summed E-state index contributed by atoms with van der Waals surface area (Å²) < 4.78 is 2.44. The van der Waals surface area contributed by atoms with Crippen LogP contribution >= 0.6 is 0 Å². The summed E-state index contributed by atoms with van der Waals surface area (Å²) in [4.78, 5) is 22.5. The van der Waals surface area contributed by atoms with Gasteiger partial charge in [-0.2, -0.15) is 0 Å². The zero-order chi connectivity index (χ0) is 25.4. The van der Waals surface area contributed by atoms with Crippen LogP contribution in [0.15, 0.2) is 60.9 Å². The largest absolute Gasteiger partial charge is 0.505 e. The highest BCUT2D eigenvalue weighted by atomic mass is 16.4. The van der Waals surface area contributed by atoms with Gasteiger partial charge in [0.25, 0.3) is 0 Å². The Bertz CT molecular complexity index is 1510. The summed E-state index contributed by atoms with van der Waals surface area (Å²) in [5.41, 5.74) is 1.03. The van der Waals surface area contributed by atoms with Crippen LogP contribution in [0.25, 0.3) is 34.2 Å². The normalized spacial score (nSPS) is 10.9. The maximum atomic E-state index is 11.3. The molecule has 14 nitrogen and oxygen atoms in total. The SMILES string of the molecule is O=C(O)c1cccc(-n2cc(-c3ccc(-c4cn(-c5cccc(C(=O)O)c5O)nn4)nn3)nn2)c1O. The maximum absolute atomic E-state index is 11.3. The third-order valence-electron chi connectivity index (χ3n) is 5.16. The topological polar surface area (TPSA) is 202 Å². The lowest BCUT2D eigenvalue weighted by Crippen LogP contribution is -2.02. The van der Waals surface area contributed by atoms with Crippen molar-refractivity contribution in [3.05, 3.63) is 72.1 Å². The van der Waals surface area contributed by atoms with Gasteiger partial charge in [0.05, 0.1) is 12.4 Å². The summed E-state index contributed by atoms with van der Waals surface area (Å²) in [6.45, 7) is 0. The van der Waals surface area contributed by atoms with Crippen LogP contribution in [0.4, 0.5) is 0 Å².